The lowest BCUT2D eigenvalue weighted by molar-refractivity contribution is -0.111. The molecule has 0 aliphatic heterocycles. The fourth-order valence-corrected chi connectivity index (χ4v) is 1.80. The number of amides is 1. The summed E-state index contributed by atoms with van der Waals surface area (Å²) < 4.78 is 13.5. The molecule has 0 radical (unpaired) electrons. The fraction of sp³-hybridized carbons (Fsp3) is 0. The van der Waals surface area contributed by atoms with Gasteiger partial charge in [-0.25, -0.2) is 4.39 Å². The van der Waals surface area contributed by atoms with Gasteiger partial charge in [-0.15, -0.1) is 0 Å². The van der Waals surface area contributed by atoms with Crippen molar-refractivity contribution < 1.29 is 9.18 Å². The van der Waals surface area contributed by atoms with Crippen molar-refractivity contribution in [3.8, 4) is 0 Å². The third-order valence-corrected chi connectivity index (χ3v) is 2.97. The molecule has 0 saturated heterocycles. The number of hydrogen-bond donors (Lipinski definition) is 1. The van der Waals surface area contributed by atoms with Crippen LogP contribution in [0, 0.1) is 5.82 Å². The zero-order valence-electron chi connectivity index (χ0n) is 10.2. The van der Waals surface area contributed by atoms with Crippen LogP contribution in [0.2, 0.25) is 10.0 Å². The lowest BCUT2D eigenvalue weighted by Gasteiger charge is -2.03. The van der Waals surface area contributed by atoms with E-state index in [4.69, 9.17) is 23.2 Å². The molecular weight excluding hydrogens is 300 g/mol. The maximum Gasteiger partial charge on any atom is 0.248 e. The van der Waals surface area contributed by atoms with Crippen molar-refractivity contribution >= 4 is 40.9 Å². The first-order valence-electron chi connectivity index (χ1n) is 5.74. The lowest BCUT2D eigenvalue weighted by Crippen LogP contribution is -2.09. The summed E-state index contributed by atoms with van der Waals surface area (Å²) in [5.41, 5.74) is 0.904. The topological polar surface area (TPSA) is 29.1 Å². The molecule has 0 unspecified atom stereocenters. The molecule has 5 heteroatoms. The molecule has 20 heavy (non-hydrogen) atoms. The van der Waals surface area contributed by atoms with Crippen LogP contribution < -0.4 is 5.32 Å². The van der Waals surface area contributed by atoms with E-state index in [-0.39, 0.29) is 10.7 Å². The van der Waals surface area contributed by atoms with Crippen molar-refractivity contribution in [2.75, 3.05) is 5.32 Å². The van der Waals surface area contributed by atoms with E-state index in [2.05, 4.69) is 5.32 Å². The molecule has 1 N–H and O–H groups in total. The van der Waals surface area contributed by atoms with Gasteiger partial charge < -0.3 is 5.32 Å². The smallest absolute Gasteiger partial charge is 0.248 e. The predicted octanol–water partition coefficient (Wildman–Crippen LogP) is 4.78. The van der Waals surface area contributed by atoms with Gasteiger partial charge in [0.25, 0.3) is 0 Å². The third-order valence-electron chi connectivity index (χ3n) is 2.49. The Morgan fingerprint density at radius 1 is 1.05 bits per heavy atom. The van der Waals surface area contributed by atoms with Gasteiger partial charge in [-0.05, 0) is 42.0 Å². The third kappa shape index (κ3) is 4.08. The molecule has 0 saturated carbocycles. The first kappa shape index (κ1) is 14.6. The van der Waals surface area contributed by atoms with E-state index >= 15 is 0 Å². The molecule has 2 rings (SSSR count). The number of rotatable bonds is 3. The summed E-state index contributed by atoms with van der Waals surface area (Å²) in [6.45, 7) is 0. The van der Waals surface area contributed by atoms with Crippen molar-refractivity contribution in [1.29, 1.82) is 0 Å². The van der Waals surface area contributed by atoms with E-state index < -0.39 is 11.7 Å². The minimum Gasteiger partial charge on any atom is -0.320 e. The largest absolute Gasteiger partial charge is 0.320 e. The van der Waals surface area contributed by atoms with Crippen LogP contribution in [0.1, 0.15) is 5.56 Å². The summed E-state index contributed by atoms with van der Waals surface area (Å²) in [4.78, 5) is 11.7. The first-order chi connectivity index (χ1) is 9.54. The summed E-state index contributed by atoms with van der Waals surface area (Å²) in [6.07, 6.45) is 2.93. The highest BCUT2D eigenvalue weighted by Gasteiger charge is 2.04. The number of anilines is 1. The maximum absolute atomic E-state index is 13.5. The molecule has 0 fully saturated rings. The average molecular weight is 310 g/mol. The second-order valence-corrected chi connectivity index (χ2v) is 4.87. The Kier molecular flexibility index (Phi) is 4.77. The molecule has 2 aromatic rings. The quantitative estimate of drug-likeness (QED) is 0.812. The Balaban J connectivity index is 2.03. The van der Waals surface area contributed by atoms with Gasteiger partial charge in [0.1, 0.15) is 5.82 Å². The summed E-state index contributed by atoms with van der Waals surface area (Å²) in [7, 11) is 0. The Bertz CT molecular complexity index is 653. The van der Waals surface area contributed by atoms with E-state index in [1.54, 1.807) is 30.3 Å². The highest BCUT2D eigenvalue weighted by molar-refractivity contribution is 6.30. The number of carbonyl (C=O) groups excluding carboxylic acids is 1. The Labute approximate surface area is 125 Å². The highest BCUT2D eigenvalue weighted by atomic mass is 35.5. The summed E-state index contributed by atoms with van der Waals surface area (Å²) in [5, 5.41) is 3.33. The van der Waals surface area contributed by atoms with Crippen molar-refractivity contribution in [2.45, 2.75) is 0 Å². The Morgan fingerprint density at radius 3 is 2.35 bits per heavy atom. The molecule has 0 spiro atoms. The molecule has 102 valence electrons. The van der Waals surface area contributed by atoms with Crippen LogP contribution in [0.4, 0.5) is 10.1 Å². The zero-order valence-corrected chi connectivity index (χ0v) is 11.8. The normalized spacial score (nSPS) is 10.8. The monoisotopic (exact) mass is 309 g/mol. The summed E-state index contributed by atoms with van der Waals surface area (Å²) >= 11 is 11.4. The van der Waals surface area contributed by atoms with Gasteiger partial charge in [-0.1, -0.05) is 35.3 Å². The van der Waals surface area contributed by atoms with Gasteiger partial charge in [-0.3, -0.25) is 4.79 Å². The van der Waals surface area contributed by atoms with E-state index in [0.717, 1.165) is 11.6 Å². The van der Waals surface area contributed by atoms with Gasteiger partial charge >= 0.3 is 0 Å². The van der Waals surface area contributed by atoms with Gasteiger partial charge in [0.15, 0.2) is 0 Å². The van der Waals surface area contributed by atoms with E-state index in [1.807, 2.05) is 0 Å². The van der Waals surface area contributed by atoms with Crippen LogP contribution >= 0.6 is 23.2 Å². The van der Waals surface area contributed by atoms with Crippen molar-refractivity contribution in [3.63, 3.8) is 0 Å². The summed E-state index contributed by atoms with van der Waals surface area (Å²) in [5.74, 6) is -1.01. The zero-order chi connectivity index (χ0) is 14.5. The number of benzene rings is 2. The molecule has 0 bridgehead atoms. The number of halogens is 3. The predicted molar refractivity (Wildman–Crippen MR) is 80.5 cm³/mol. The molecule has 0 atom stereocenters. The molecule has 0 aliphatic rings. The molecule has 0 heterocycles. The van der Waals surface area contributed by atoms with Crippen molar-refractivity contribution in [3.05, 3.63) is 70.0 Å². The first-order valence-corrected chi connectivity index (χ1v) is 6.50. The standard InChI is InChI=1S/C15H10Cl2FNO/c16-11-4-1-10(2-5-11)3-8-15(20)19-14-7-6-12(17)9-13(14)18/h1-9H,(H,19,20)/b8-3+. The Hall–Kier alpha value is -1.84. The molecule has 2 nitrogen and oxygen atoms in total. The van der Waals surface area contributed by atoms with Gasteiger partial charge in [-0.2, -0.15) is 0 Å². The average Bonchev–Trinajstić information content (AvgIpc) is 2.41. The van der Waals surface area contributed by atoms with Gasteiger partial charge in [0.05, 0.1) is 5.69 Å². The van der Waals surface area contributed by atoms with Gasteiger partial charge in [0.2, 0.25) is 5.91 Å². The van der Waals surface area contributed by atoms with Crippen LogP contribution in [-0.4, -0.2) is 5.91 Å². The SMILES string of the molecule is O=C(/C=C/c1ccc(Cl)cc1)Nc1ccc(Cl)cc1F. The van der Waals surface area contributed by atoms with Crippen LogP contribution in [0.3, 0.4) is 0 Å². The van der Waals surface area contributed by atoms with Crippen LogP contribution in [0.5, 0.6) is 0 Å². The van der Waals surface area contributed by atoms with Crippen molar-refractivity contribution in [1.82, 2.24) is 0 Å². The van der Waals surface area contributed by atoms with E-state index in [9.17, 15) is 9.18 Å². The van der Waals surface area contributed by atoms with E-state index in [0.29, 0.717) is 5.02 Å². The van der Waals surface area contributed by atoms with E-state index in [1.165, 1.54) is 18.2 Å². The summed E-state index contributed by atoms with van der Waals surface area (Å²) in [6, 6.07) is 11.0. The minimum atomic E-state index is -0.578. The number of hydrogen-bond acceptors (Lipinski definition) is 1. The molecule has 0 aromatic heterocycles. The van der Waals surface area contributed by atoms with Crippen LogP contribution in [0.25, 0.3) is 6.08 Å². The number of carbonyl (C=O) groups is 1. The van der Waals surface area contributed by atoms with Crippen LogP contribution in [-0.2, 0) is 4.79 Å². The lowest BCUT2D eigenvalue weighted by atomic mass is 10.2. The number of nitrogens with one attached hydrogen (secondary N) is 1. The second-order valence-electron chi connectivity index (χ2n) is 4.00. The van der Waals surface area contributed by atoms with Crippen molar-refractivity contribution in [2.24, 2.45) is 0 Å². The molecular formula is C15H10Cl2FNO. The molecule has 0 aliphatic carbocycles. The fourth-order valence-electron chi connectivity index (χ4n) is 1.51. The van der Waals surface area contributed by atoms with Gasteiger partial charge in [0, 0.05) is 16.1 Å². The Morgan fingerprint density at radius 2 is 1.70 bits per heavy atom. The second kappa shape index (κ2) is 6.55. The maximum atomic E-state index is 13.5. The highest BCUT2D eigenvalue weighted by Crippen LogP contribution is 2.19. The minimum absolute atomic E-state index is 0.0835. The molecule has 1 amide bonds. The molecule has 2 aromatic carbocycles. The van der Waals surface area contributed by atoms with Crippen LogP contribution in [0.15, 0.2) is 48.5 Å².